The predicted octanol–water partition coefficient (Wildman–Crippen LogP) is 6.98. The minimum Gasteiger partial charge on any atom is -0.497 e. The van der Waals surface area contributed by atoms with Crippen LogP contribution in [0.15, 0.2) is 72.8 Å². The van der Waals surface area contributed by atoms with E-state index in [1.54, 1.807) is 75.8 Å². The SMILES string of the molecule is C.C.CNC(=O)Nc1ccc2c(c1)CC[C@@]21OC(=O)N(CC(=O)N2CCCC2c2ccc(OC)cc2OC)C1=O.CNC(=O)Nc1ccc2c(c1)CC[C@@]21OC(=O)N(CC(=O)O)C1=O.COc1ccc(C2CCCN2)c(OC)c1. The monoisotopic (exact) mass is 1090 g/mol. The number of hydrogen-bond acceptors (Lipinski definition) is 15. The lowest BCUT2D eigenvalue weighted by atomic mass is 9.94. The highest BCUT2D eigenvalue weighted by Crippen LogP contribution is 2.48. The van der Waals surface area contributed by atoms with Crippen LogP contribution in [-0.2, 0) is 52.7 Å². The van der Waals surface area contributed by atoms with E-state index >= 15 is 0 Å². The van der Waals surface area contributed by atoms with E-state index in [0.29, 0.717) is 64.3 Å². The van der Waals surface area contributed by atoms with Crippen molar-refractivity contribution in [2.75, 3.05) is 79.3 Å². The highest BCUT2D eigenvalue weighted by atomic mass is 16.6. The van der Waals surface area contributed by atoms with Crippen LogP contribution in [-0.4, -0.2) is 136 Å². The van der Waals surface area contributed by atoms with Gasteiger partial charge in [0.15, 0.2) is 0 Å². The van der Waals surface area contributed by atoms with Crippen LogP contribution in [0.3, 0.4) is 0 Å². The number of carbonyl (C=O) groups excluding carboxylic acids is 7. The summed E-state index contributed by atoms with van der Waals surface area (Å²) in [6, 6.07) is 21.0. The first kappa shape index (κ1) is 59.6. The molecule has 4 heterocycles. The first-order valence-corrected chi connectivity index (χ1v) is 25.1. The molecule has 79 heavy (non-hydrogen) atoms. The molecule has 2 unspecified atom stereocenters. The summed E-state index contributed by atoms with van der Waals surface area (Å²) in [6.45, 7) is 0.468. The number of anilines is 2. The molecule has 0 aromatic heterocycles. The molecular weight excluding hydrogens is 1020 g/mol. The first-order valence-electron chi connectivity index (χ1n) is 25.1. The second-order valence-corrected chi connectivity index (χ2v) is 18.8. The number of urea groups is 2. The lowest BCUT2D eigenvalue weighted by molar-refractivity contribution is -0.144. The molecule has 4 saturated heterocycles. The Morgan fingerprint density at radius 1 is 0.646 bits per heavy atom. The number of rotatable bonds is 12. The maximum atomic E-state index is 13.6. The van der Waals surface area contributed by atoms with Gasteiger partial charge in [-0.15, -0.1) is 0 Å². The minimum absolute atomic E-state index is 0. The fourth-order valence-corrected chi connectivity index (χ4v) is 10.7. The Morgan fingerprint density at radius 3 is 1.59 bits per heavy atom. The zero-order chi connectivity index (χ0) is 55.2. The molecule has 23 heteroatoms. The molecule has 4 aromatic carbocycles. The number of benzene rings is 4. The third-order valence-corrected chi connectivity index (χ3v) is 14.5. The van der Waals surface area contributed by atoms with Gasteiger partial charge in [-0.2, -0.15) is 0 Å². The van der Waals surface area contributed by atoms with Crippen molar-refractivity contribution < 1.29 is 71.9 Å². The van der Waals surface area contributed by atoms with Crippen molar-refractivity contribution in [1.82, 2.24) is 30.7 Å². The Morgan fingerprint density at radius 2 is 1.14 bits per heavy atom. The number of nitrogens with zero attached hydrogens (tertiary/aromatic N) is 3. The Labute approximate surface area is 458 Å². The molecule has 4 aromatic rings. The van der Waals surface area contributed by atoms with E-state index in [0.717, 1.165) is 52.5 Å². The average Bonchev–Trinajstić information content (AvgIpc) is 4.46. The molecule has 0 saturated carbocycles. The van der Waals surface area contributed by atoms with Gasteiger partial charge in [0, 0.05) is 85.3 Å². The second-order valence-electron chi connectivity index (χ2n) is 18.8. The van der Waals surface area contributed by atoms with E-state index in [2.05, 4.69) is 32.7 Å². The molecule has 4 atom stereocenters. The zero-order valence-electron chi connectivity index (χ0n) is 43.6. The van der Waals surface area contributed by atoms with Crippen molar-refractivity contribution in [3.05, 3.63) is 106 Å². The van der Waals surface area contributed by atoms with Crippen LogP contribution in [0.25, 0.3) is 0 Å². The molecule has 23 nitrogen and oxygen atoms in total. The van der Waals surface area contributed by atoms with Crippen LogP contribution in [0.2, 0.25) is 0 Å². The van der Waals surface area contributed by atoms with Gasteiger partial charge in [0.25, 0.3) is 11.8 Å². The van der Waals surface area contributed by atoms with Crippen LogP contribution >= 0.6 is 0 Å². The number of nitrogens with one attached hydrogen (secondary N) is 5. The number of likely N-dealkylation sites (tertiary alicyclic amines) is 1. The number of ether oxygens (including phenoxy) is 6. The molecule has 2 spiro atoms. The van der Waals surface area contributed by atoms with Crippen molar-refractivity contribution in [3.8, 4) is 23.0 Å². The number of aryl methyl sites for hydroxylation is 2. The topological polar surface area (TPSA) is 282 Å². The van der Waals surface area contributed by atoms with Crippen LogP contribution in [0, 0.1) is 0 Å². The first-order chi connectivity index (χ1) is 37.0. The van der Waals surface area contributed by atoms with Crippen molar-refractivity contribution in [2.45, 2.75) is 89.5 Å². The highest BCUT2D eigenvalue weighted by Gasteiger charge is 2.60. The predicted molar refractivity (Wildman–Crippen MR) is 289 cm³/mol. The van der Waals surface area contributed by atoms with Gasteiger partial charge >= 0.3 is 30.2 Å². The van der Waals surface area contributed by atoms with Gasteiger partial charge in [0.05, 0.1) is 34.5 Å². The molecule has 6 aliphatic rings. The van der Waals surface area contributed by atoms with E-state index in [-0.39, 0.29) is 51.7 Å². The van der Waals surface area contributed by atoms with Gasteiger partial charge in [-0.1, -0.05) is 33.1 Å². The minimum atomic E-state index is -1.46. The largest absolute Gasteiger partial charge is 0.497 e. The van der Waals surface area contributed by atoms with E-state index in [9.17, 15) is 38.4 Å². The van der Waals surface area contributed by atoms with Gasteiger partial charge in [-0.3, -0.25) is 19.2 Å². The van der Waals surface area contributed by atoms with Crippen LogP contribution < -0.4 is 45.5 Å². The lowest BCUT2D eigenvalue weighted by Gasteiger charge is -2.28. The van der Waals surface area contributed by atoms with Crippen LogP contribution in [0.5, 0.6) is 23.0 Å². The number of carboxylic acids is 1. The third kappa shape index (κ3) is 12.0. The van der Waals surface area contributed by atoms with E-state index in [4.69, 9.17) is 33.5 Å². The third-order valence-electron chi connectivity index (χ3n) is 14.5. The number of aliphatic carboxylic acids is 1. The molecule has 2 aliphatic carbocycles. The summed E-state index contributed by atoms with van der Waals surface area (Å²) >= 11 is 0. The smallest absolute Gasteiger partial charge is 0.418 e. The summed E-state index contributed by atoms with van der Waals surface area (Å²) in [5, 5.41) is 22.5. The fourth-order valence-electron chi connectivity index (χ4n) is 10.7. The normalized spacial score (nSPS) is 21.0. The Kier molecular flexibility index (Phi) is 19.1. The van der Waals surface area contributed by atoms with Crippen molar-refractivity contribution in [1.29, 1.82) is 0 Å². The molecular formula is C56H70N8O15. The standard InChI is InChI=1S/C27H30N4O7.C15H15N3O6.C12H17NO2.2CH4/c1-28-25(34)29-17-6-9-20-16(13-17)10-11-27(20)24(33)31(26(35)38-27)15-23(32)30-12-4-5-21(30)19-8-7-18(36-2)14-22(19)37-3;1-16-13(22)17-9-2-3-10-8(6-9)4-5-15(10)12(21)18(7-11(19)20)14(23)24-15;1-14-9-5-6-10(12(8-9)15-2)11-4-3-7-13-11;;/h6-9,13-14,21H,4-5,10-12,15H2,1-3H3,(H2,28,29,34);2-3,6H,4-5,7H2,1H3,(H,19,20)(H2,16,17,22);5-6,8,11,13H,3-4,7H2,1-2H3;2*1H4/t21?,27-;15-;;;/m11.../s1. The number of carbonyl (C=O) groups is 8. The molecule has 424 valence electrons. The van der Waals surface area contributed by atoms with Gasteiger partial charge in [0.2, 0.25) is 17.1 Å². The maximum absolute atomic E-state index is 13.6. The summed E-state index contributed by atoms with van der Waals surface area (Å²) in [6.07, 6.45) is 3.63. The molecule has 6 N–H and O–H groups in total. The molecule has 9 amide bonds. The summed E-state index contributed by atoms with van der Waals surface area (Å²) in [5.41, 5.74) is 2.94. The molecule has 4 fully saturated rings. The fraction of sp³-hybridized carbons (Fsp3) is 0.429. The van der Waals surface area contributed by atoms with Gasteiger partial charge in [0.1, 0.15) is 36.1 Å². The average molecular weight is 1100 g/mol. The summed E-state index contributed by atoms with van der Waals surface area (Å²) in [5.74, 6) is 0.169. The number of carboxylic acid groups (broad SMARTS) is 1. The van der Waals surface area contributed by atoms with Crippen molar-refractivity contribution >= 4 is 59.3 Å². The van der Waals surface area contributed by atoms with Crippen LogP contribution in [0.1, 0.15) is 98.8 Å². The molecule has 10 rings (SSSR count). The summed E-state index contributed by atoms with van der Waals surface area (Å²) in [4.78, 5) is 101. The van der Waals surface area contributed by atoms with E-state index < -0.39 is 54.3 Å². The molecule has 0 bridgehead atoms. The zero-order valence-corrected chi connectivity index (χ0v) is 43.6. The molecule has 4 aliphatic heterocycles. The van der Waals surface area contributed by atoms with Gasteiger partial charge in [-0.05, 0) is 98.7 Å². The Bertz CT molecular complexity index is 2980. The van der Waals surface area contributed by atoms with Crippen LogP contribution in [0.4, 0.5) is 30.6 Å². The number of methoxy groups -OCH3 is 4. The van der Waals surface area contributed by atoms with Gasteiger partial charge < -0.3 is 65.0 Å². The van der Waals surface area contributed by atoms with Crippen molar-refractivity contribution in [3.63, 3.8) is 0 Å². The number of amides is 9. The summed E-state index contributed by atoms with van der Waals surface area (Å²) in [7, 11) is 9.51. The summed E-state index contributed by atoms with van der Waals surface area (Å²) < 4.78 is 32.3. The Balaban J connectivity index is 0.000000210. The Hall–Kier alpha value is -8.60. The van der Waals surface area contributed by atoms with Crippen molar-refractivity contribution in [2.24, 2.45) is 0 Å². The van der Waals surface area contributed by atoms with E-state index in [1.807, 2.05) is 24.3 Å². The highest BCUT2D eigenvalue weighted by molar-refractivity contribution is 6.07. The maximum Gasteiger partial charge on any atom is 0.418 e. The number of hydrogen-bond donors (Lipinski definition) is 6. The van der Waals surface area contributed by atoms with Gasteiger partial charge in [-0.25, -0.2) is 29.0 Å². The number of fused-ring (bicyclic) bond motifs is 4. The quantitative estimate of drug-likeness (QED) is 0.0834. The lowest BCUT2D eigenvalue weighted by Crippen LogP contribution is -2.44. The van der Waals surface area contributed by atoms with E-state index in [1.165, 1.54) is 32.5 Å². The number of imide groups is 2. The molecule has 0 radical (unpaired) electrons. The second kappa shape index (κ2) is 25.2.